The van der Waals surface area contributed by atoms with Gasteiger partial charge in [0.1, 0.15) is 5.82 Å². The van der Waals surface area contributed by atoms with Gasteiger partial charge in [0.25, 0.3) is 0 Å². The molecule has 0 spiro atoms. The molecular weight excluding hydrogens is 415 g/mol. The Labute approximate surface area is 184 Å². The molecular formula is C23H23FN4O2S. The number of nitrogens with one attached hydrogen (secondary N) is 1. The Morgan fingerprint density at radius 2 is 1.84 bits per heavy atom. The first-order chi connectivity index (χ1) is 14.8. The standard InChI is InChI=1S/C23H23FN4O2S/c1-16(29)28(21-7-5-4-6-20(21)24)23-26-18(15-31-23)10-13-22(30)25-14-17-8-11-19(12-9-17)27(2)3/h4-13,15H,14H2,1-3H3,(H,25,30)/b13-10+. The fourth-order valence-electron chi connectivity index (χ4n) is 2.82. The number of amides is 2. The van der Waals surface area contributed by atoms with E-state index in [1.807, 2.05) is 43.3 Å². The summed E-state index contributed by atoms with van der Waals surface area (Å²) in [5, 5.41) is 4.86. The zero-order valence-electron chi connectivity index (χ0n) is 17.5. The van der Waals surface area contributed by atoms with Crippen molar-refractivity contribution in [1.29, 1.82) is 0 Å². The normalized spacial score (nSPS) is 10.8. The van der Waals surface area contributed by atoms with Crippen molar-refractivity contribution >= 4 is 45.7 Å². The van der Waals surface area contributed by atoms with Gasteiger partial charge in [0.05, 0.1) is 11.4 Å². The molecule has 0 saturated heterocycles. The van der Waals surface area contributed by atoms with Gasteiger partial charge in [-0.05, 0) is 35.9 Å². The summed E-state index contributed by atoms with van der Waals surface area (Å²) in [7, 11) is 3.94. The van der Waals surface area contributed by atoms with Gasteiger partial charge in [-0.2, -0.15) is 0 Å². The van der Waals surface area contributed by atoms with Crippen molar-refractivity contribution in [3.8, 4) is 0 Å². The number of rotatable bonds is 7. The molecule has 3 aromatic rings. The molecule has 1 N–H and O–H groups in total. The van der Waals surface area contributed by atoms with Crippen molar-refractivity contribution in [2.75, 3.05) is 23.9 Å². The van der Waals surface area contributed by atoms with Crippen molar-refractivity contribution in [2.45, 2.75) is 13.5 Å². The zero-order valence-corrected chi connectivity index (χ0v) is 18.3. The van der Waals surface area contributed by atoms with Crippen molar-refractivity contribution in [2.24, 2.45) is 0 Å². The summed E-state index contributed by atoms with van der Waals surface area (Å²) in [6.07, 6.45) is 2.94. The molecule has 1 heterocycles. The van der Waals surface area contributed by atoms with Crippen LogP contribution in [0.25, 0.3) is 6.08 Å². The fraction of sp³-hybridized carbons (Fsp3) is 0.174. The van der Waals surface area contributed by atoms with E-state index in [-0.39, 0.29) is 17.5 Å². The van der Waals surface area contributed by atoms with Crippen LogP contribution in [0.1, 0.15) is 18.2 Å². The third-order valence-electron chi connectivity index (χ3n) is 4.43. The largest absolute Gasteiger partial charge is 0.378 e. The number of aromatic nitrogens is 1. The summed E-state index contributed by atoms with van der Waals surface area (Å²) < 4.78 is 14.1. The summed E-state index contributed by atoms with van der Waals surface area (Å²) >= 11 is 1.20. The molecule has 8 heteroatoms. The summed E-state index contributed by atoms with van der Waals surface area (Å²) in [4.78, 5) is 31.8. The molecule has 0 atom stereocenters. The molecule has 0 aliphatic rings. The molecule has 0 saturated carbocycles. The highest BCUT2D eigenvalue weighted by Crippen LogP contribution is 2.30. The maximum atomic E-state index is 14.1. The van der Waals surface area contributed by atoms with Gasteiger partial charge in [0.2, 0.25) is 11.8 Å². The number of carbonyl (C=O) groups excluding carboxylic acids is 2. The Hall–Kier alpha value is -3.52. The molecule has 0 aliphatic carbocycles. The minimum atomic E-state index is -0.511. The molecule has 2 amide bonds. The number of carbonyl (C=O) groups is 2. The van der Waals surface area contributed by atoms with Crippen LogP contribution in [0.2, 0.25) is 0 Å². The first-order valence-corrected chi connectivity index (χ1v) is 10.5. The molecule has 6 nitrogen and oxygen atoms in total. The third kappa shape index (κ3) is 5.76. The molecule has 0 unspecified atom stereocenters. The summed E-state index contributed by atoms with van der Waals surface area (Å²) in [5.41, 5.74) is 2.72. The Balaban J connectivity index is 1.63. The van der Waals surface area contributed by atoms with Crippen LogP contribution in [0, 0.1) is 5.82 Å². The number of hydrogen-bond acceptors (Lipinski definition) is 5. The van der Waals surface area contributed by atoms with Crippen LogP contribution in [0.15, 0.2) is 60.0 Å². The highest BCUT2D eigenvalue weighted by molar-refractivity contribution is 7.14. The van der Waals surface area contributed by atoms with Gasteiger partial charge < -0.3 is 10.2 Å². The second kappa shape index (κ2) is 9.99. The molecule has 1 aromatic heterocycles. The van der Waals surface area contributed by atoms with Crippen LogP contribution in [-0.4, -0.2) is 30.9 Å². The van der Waals surface area contributed by atoms with Crippen LogP contribution in [0.5, 0.6) is 0 Å². The Bertz CT molecular complexity index is 1090. The topological polar surface area (TPSA) is 65.5 Å². The summed E-state index contributed by atoms with van der Waals surface area (Å²) in [5.74, 6) is -1.13. The molecule has 0 radical (unpaired) electrons. The molecule has 0 aliphatic heterocycles. The molecule has 3 rings (SSSR count). The molecule has 31 heavy (non-hydrogen) atoms. The fourth-order valence-corrected chi connectivity index (χ4v) is 3.66. The number of anilines is 3. The number of para-hydroxylation sites is 1. The zero-order chi connectivity index (χ0) is 22.4. The molecule has 0 fully saturated rings. The van der Waals surface area contributed by atoms with E-state index in [0.29, 0.717) is 17.4 Å². The third-order valence-corrected chi connectivity index (χ3v) is 5.28. The van der Waals surface area contributed by atoms with Crippen LogP contribution in [0.3, 0.4) is 0 Å². The Morgan fingerprint density at radius 3 is 2.48 bits per heavy atom. The van der Waals surface area contributed by atoms with Gasteiger partial charge in [0, 0.05) is 44.7 Å². The second-order valence-electron chi connectivity index (χ2n) is 6.97. The first kappa shape index (κ1) is 22.2. The van der Waals surface area contributed by atoms with Crippen LogP contribution >= 0.6 is 11.3 Å². The average Bonchev–Trinajstić information content (AvgIpc) is 3.21. The number of hydrogen-bond donors (Lipinski definition) is 1. The summed E-state index contributed by atoms with van der Waals surface area (Å²) in [6, 6.07) is 13.9. The maximum Gasteiger partial charge on any atom is 0.244 e. The predicted octanol–water partition coefficient (Wildman–Crippen LogP) is 4.36. The first-order valence-electron chi connectivity index (χ1n) is 9.58. The van der Waals surface area contributed by atoms with E-state index in [1.54, 1.807) is 23.6 Å². The van der Waals surface area contributed by atoms with E-state index in [1.165, 1.54) is 41.4 Å². The Morgan fingerprint density at radius 1 is 1.13 bits per heavy atom. The van der Waals surface area contributed by atoms with E-state index < -0.39 is 5.82 Å². The lowest BCUT2D eigenvalue weighted by Gasteiger charge is -2.18. The highest BCUT2D eigenvalue weighted by Gasteiger charge is 2.20. The van der Waals surface area contributed by atoms with Gasteiger partial charge in [-0.25, -0.2) is 9.37 Å². The molecule has 0 bridgehead atoms. The number of halogens is 1. The smallest absolute Gasteiger partial charge is 0.244 e. The average molecular weight is 439 g/mol. The van der Waals surface area contributed by atoms with Gasteiger partial charge in [-0.15, -0.1) is 11.3 Å². The van der Waals surface area contributed by atoms with Crippen molar-refractivity contribution in [3.05, 3.63) is 77.1 Å². The SMILES string of the molecule is CC(=O)N(c1nc(/C=C/C(=O)NCc2ccc(N(C)C)cc2)cs1)c1ccccc1F. The predicted molar refractivity (Wildman–Crippen MR) is 123 cm³/mol. The van der Waals surface area contributed by atoms with Crippen molar-refractivity contribution in [1.82, 2.24) is 10.3 Å². The van der Waals surface area contributed by atoms with Gasteiger partial charge in [-0.3, -0.25) is 14.5 Å². The van der Waals surface area contributed by atoms with E-state index in [9.17, 15) is 14.0 Å². The summed E-state index contributed by atoms with van der Waals surface area (Å²) in [6.45, 7) is 1.76. The number of benzene rings is 2. The Kier molecular flexibility index (Phi) is 7.15. The van der Waals surface area contributed by atoms with E-state index in [0.717, 1.165) is 11.3 Å². The van der Waals surface area contributed by atoms with E-state index in [4.69, 9.17) is 0 Å². The lowest BCUT2D eigenvalue weighted by atomic mass is 10.2. The molecule has 160 valence electrons. The number of thiazole rings is 1. The van der Waals surface area contributed by atoms with Crippen molar-refractivity contribution in [3.63, 3.8) is 0 Å². The highest BCUT2D eigenvalue weighted by atomic mass is 32.1. The minimum Gasteiger partial charge on any atom is -0.378 e. The van der Waals surface area contributed by atoms with Gasteiger partial charge >= 0.3 is 0 Å². The maximum absolute atomic E-state index is 14.1. The van der Waals surface area contributed by atoms with Crippen molar-refractivity contribution < 1.29 is 14.0 Å². The monoisotopic (exact) mass is 438 g/mol. The lowest BCUT2D eigenvalue weighted by molar-refractivity contribution is -0.117. The van der Waals surface area contributed by atoms with Crippen LogP contribution in [-0.2, 0) is 16.1 Å². The van der Waals surface area contributed by atoms with E-state index in [2.05, 4.69) is 10.3 Å². The second-order valence-corrected chi connectivity index (χ2v) is 7.81. The minimum absolute atomic E-state index is 0.137. The van der Waals surface area contributed by atoms with Crippen LogP contribution < -0.4 is 15.1 Å². The molecule has 2 aromatic carbocycles. The quantitative estimate of drug-likeness (QED) is 0.557. The van der Waals surface area contributed by atoms with Gasteiger partial charge in [-0.1, -0.05) is 24.3 Å². The van der Waals surface area contributed by atoms with Gasteiger partial charge in [0.15, 0.2) is 5.13 Å². The lowest BCUT2D eigenvalue weighted by Crippen LogP contribution is -2.23. The number of nitrogens with zero attached hydrogens (tertiary/aromatic N) is 3. The van der Waals surface area contributed by atoms with Crippen LogP contribution in [0.4, 0.5) is 20.9 Å². The van der Waals surface area contributed by atoms with E-state index >= 15 is 0 Å².